The number of pyridine rings is 1. The van der Waals surface area contributed by atoms with Crippen LogP contribution in [0.2, 0.25) is 0 Å². The van der Waals surface area contributed by atoms with Gasteiger partial charge in [0.05, 0.1) is 24.6 Å². The quantitative estimate of drug-likeness (QED) is 0.661. The lowest BCUT2D eigenvalue weighted by molar-refractivity contribution is -0.137. The smallest absolute Gasteiger partial charge is 0.416 e. The second-order valence-electron chi connectivity index (χ2n) is 6.05. The molecule has 2 amide bonds. The van der Waals surface area contributed by atoms with E-state index in [9.17, 15) is 22.8 Å². The molecule has 0 atom stereocenters. The third-order valence-electron chi connectivity index (χ3n) is 3.92. The summed E-state index contributed by atoms with van der Waals surface area (Å²) in [6.07, 6.45) is -2.23. The zero-order valence-electron chi connectivity index (χ0n) is 15.6. The van der Waals surface area contributed by atoms with Crippen LogP contribution in [0.5, 0.6) is 0 Å². The van der Waals surface area contributed by atoms with Gasteiger partial charge in [-0.3, -0.25) is 10.1 Å². The summed E-state index contributed by atoms with van der Waals surface area (Å²) in [6, 6.07) is 9.25. The third kappa shape index (κ3) is 5.13. The molecule has 3 rings (SSSR count). The van der Waals surface area contributed by atoms with E-state index >= 15 is 0 Å². The number of benzene rings is 1. The van der Waals surface area contributed by atoms with Gasteiger partial charge in [-0.15, -0.1) is 0 Å². The van der Waals surface area contributed by atoms with Crippen molar-refractivity contribution >= 4 is 17.8 Å². The van der Waals surface area contributed by atoms with Crippen LogP contribution in [0.1, 0.15) is 21.6 Å². The summed E-state index contributed by atoms with van der Waals surface area (Å²) >= 11 is 0. The standard InChI is InChI=1S/C19H16F3N5O3/c1-30-18(29)26-16-7-3-6-15(25-16)17(28)23-9-12-10-24-27(11-12)14-5-2-4-13(8-14)19(20,21)22/h2-8,10-11H,9H2,1H3,(H,23,28)(H,25,26,29). The Kier molecular flexibility index (Phi) is 6.00. The lowest BCUT2D eigenvalue weighted by atomic mass is 10.2. The Balaban J connectivity index is 1.65. The van der Waals surface area contributed by atoms with Crippen molar-refractivity contribution in [2.45, 2.75) is 12.7 Å². The molecule has 0 saturated heterocycles. The Hall–Kier alpha value is -3.89. The Labute approximate surface area is 168 Å². The molecule has 0 saturated carbocycles. The van der Waals surface area contributed by atoms with Crippen molar-refractivity contribution in [1.82, 2.24) is 20.1 Å². The fourth-order valence-electron chi connectivity index (χ4n) is 2.48. The summed E-state index contributed by atoms with van der Waals surface area (Å²) in [5.41, 5.74) is 0.0984. The van der Waals surface area contributed by atoms with E-state index in [1.165, 1.54) is 48.5 Å². The lowest BCUT2D eigenvalue weighted by Crippen LogP contribution is -2.24. The number of nitrogens with zero attached hydrogens (tertiary/aromatic N) is 3. The molecule has 0 radical (unpaired) electrons. The van der Waals surface area contributed by atoms with Gasteiger partial charge in [0.2, 0.25) is 0 Å². The van der Waals surface area contributed by atoms with Gasteiger partial charge in [0, 0.05) is 18.3 Å². The number of aromatic nitrogens is 3. The fourth-order valence-corrected chi connectivity index (χ4v) is 2.48. The highest BCUT2D eigenvalue weighted by Gasteiger charge is 2.30. The number of amides is 2. The molecule has 8 nitrogen and oxygen atoms in total. The van der Waals surface area contributed by atoms with E-state index in [0.29, 0.717) is 5.56 Å². The summed E-state index contributed by atoms with van der Waals surface area (Å²) in [4.78, 5) is 27.5. The molecule has 0 aliphatic carbocycles. The molecule has 30 heavy (non-hydrogen) atoms. The maximum atomic E-state index is 12.9. The largest absolute Gasteiger partial charge is 0.453 e. The molecule has 0 fully saturated rings. The van der Waals surface area contributed by atoms with Crippen molar-refractivity contribution in [1.29, 1.82) is 0 Å². The maximum absolute atomic E-state index is 12.9. The fraction of sp³-hybridized carbons (Fsp3) is 0.158. The monoisotopic (exact) mass is 419 g/mol. The SMILES string of the molecule is COC(=O)Nc1cccc(C(=O)NCc2cnn(-c3cccc(C(F)(F)F)c3)c2)n1. The number of halogens is 3. The molecule has 2 N–H and O–H groups in total. The molecule has 0 unspecified atom stereocenters. The van der Waals surface area contributed by atoms with Crippen molar-refractivity contribution < 1.29 is 27.5 Å². The van der Waals surface area contributed by atoms with Crippen LogP contribution >= 0.6 is 0 Å². The second-order valence-corrected chi connectivity index (χ2v) is 6.05. The number of carbonyl (C=O) groups is 2. The van der Waals surface area contributed by atoms with E-state index in [-0.39, 0.29) is 23.7 Å². The van der Waals surface area contributed by atoms with Crippen LogP contribution in [0, 0.1) is 0 Å². The number of ether oxygens (including phenoxy) is 1. The molecule has 156 valence electrons. The molecular weight excluding hydrogens is 403 g/mol. The molecule has 0 spiro atoms. The second kappa shape index (κ2) is 8.64. The lowest BCUT2D eigenvalue weighted by Gasteiger charge is -2.08. The van der Waals surface area contributed by atoms with E-state index in [4.69, 9.17) is 0 Å². The average Bonchev–Trinajstić information content (AvgIpc) is 3.20. The van der Waals surface area contributed by atoms with E-state index in [1.807, 2.05) is 0 Å². The van der Waals surface area contributed by atoms with Gasteiger partial charge in [-0.2, -0.15) is 18.3 Å². The molecule has 0 bridgehead atoms. The van der Waals surface area contributed by atoms with Crippen molar-refractivity contribution in [3.8, 4) is 5.69 Å². The molecule has 0 aliphatic heterocycles. The van der Waals surface area contributed by atoms with Crippen LogP contribution in [0.3, 0.4) is 0 Å². The Morgan fingerprint density at radius 2 is 1.93 bits per heavy atom. The number of nitrogens with one attached hydrogen (secondary N) is 2. The molecular formula is C19H16F3N5O3. The average molecular weight is 419 g/mol. The zero-order valence-corrected chi connectivity index (χ0v) is 15.6. The molecule has 0 aliphatic rings. The number of hydrogen-bond acceptors (Lipinski definition) is 5. The number of methoxy groups -OCH3 is 1. The number of alkyl halides is 3. The highest BCUT2D eigenvalue weighted by molar-refractivity contribution is 5.93. The molecule has 2 heterocycles. The number of rotatable bonds is 5. The first-order valence-corrected chi connectivity index (χ1v) is 8.57. The van der Waals surface area contributed by atoms with Crippen molar-refractivity contribution in [2.24, 2.45) is 0 Å². The van der Waals surface area contributed by atoms with E-state index < -0.39 is 23.7 Å². The molecule has 3 aromatic rings. The van der Waals surface area contributed by atoms with E-state index in [2.05, 4.69) is 25.5 Å². The summed E-state index contributed by atoms with van der Waals surface area (Å²) < 4.78 is 44.3. The number of hydrogen-bond donors (Lipinski definition) is 2. The summed E-state index contributed by atoms with van der Waals surface area (Å²) in [5, 5.41) is 9.02. The van der Waals surface area contributed by atoms with Gasteiger partial charge in [0.25, 0.3) is 5.91 Å². The van der Waals surface area contributed by atoms with Gasteiger partial charge in [-0.25, -0.2) is 14.5 Å². The summed E-state index contributed by atoms with van der Waals surface area (Å²) in [5.74, 6) is -0.359. The van der Waals surface area contributed by atoms with Crippen LogP contribution in [0.4, 0.5) is 23.8 Å². The molecule has 11 heteroatoms. The van der Waals surface area contributed by atoms with E-state index in [0.717, 1.165) is 12.1 Å². The Bertz CT molecular complexity index is 1070. The maximum Gasteiger partial charge on any atom is 0.416 e. The summed E-state index contributed by atoms with van der Waals surface area (Å²) in [7, 11) is 1.20. The third-order valence-corrected chi connectivity index (χ3v) is 3.92. The van der Waals surface area contributed by atoms with Crippen molar-refractivity contribution in [3.63, 3.8) is 0 Å². The Morgan fingerprint density at radius 3 is 2.67 bits per heavy atom. The number of anilines is 1. The topological polar surface area (TPSA) is 98.1 Å². The van der Waals surface area contributed by atoms with Crippen LogP contribution in [0.15, 0.2) is 54.9 Å². The van der Waals surface area contributed by atoms with Gasteiger partial charge in [0.15, 0.2) is 0 Å². The van der Waals surface area contributed by atoms with Crippen LogP contribution in [0.25, 0.3) is 5.69 Å². The normalized spacial score (nSPS) is 11.1. The first-order valence-electron chi connectivity index (χ1n) is 8.57. The molecule has 1 aromatic carbocycles. The highest BCUT2D eigenvalue weighted by atomic mass is 19.4. The van der Waals surface area contributed by atoms with Crippen LogP contribution in [-0.2, 0) is 17.5 Å². The van der Waals surface area contributed by atoms with Crippen LogP contribution in [-0.4, -0.2) is 33.9 Å². The summed E-state index contributed by atoms with van der Waals surface area (Å²) in [6.45, 7) is 0.0775. The number of carbonyl (C=O) groups excluding carboxylic acids is 2. The van der Waals surface area contributed by atoms with E-state index in [1.54, 1.807) is 6.07 Å². The minimum Gasteiger partial charge on any atom is -0.453 e. The van der Waals surface area contributed by atoms with Crippen molar-refractivity contribution in [2.75, 3.05) is 12.4 Å². The van der Waals surface area contributed by atoms with Gasteiger partial charge in [-0.1, -0.05) is 12.1 Å². The first-order chi connectivity index (χ1) is 14.3. The van der Waals surface area contributed by atoms with Crippen molar-refractivity contribution in [3.05, 3.63) is 71.7 Å². The van der Waals surface area contributed by atoms with Gasteiger partial charge in [0.1, 0.15) is 11.5 Å². The minimum absolute atomic E-state index is 0.0640. The highest BCUT2D eigenvalue weighted by Crippen LogP contribution is 2.30. The molecule has 2 aromatic heterocycles. The van der Waals surface area contributed by atoms with Crippen LogP contribution < -0.4 is 10.6 Å². The zero-order chi connectivity index (χ0) is 21.7. The van der Waals surface area contributed by atoms with Gasteiger partial charge in [-0.05, 0) is 30.3 Å². The minimum atomic E-state index is -4.45. The van der Waals surface area contributed by atoms with Gasteiger partial charge >= 0.3 is 12.3 Å². The van der Waals surface area contributed by atoms with Gasteiger partial charge < -0.3 is 10.1 Å². The predicted molar refractivity (Wildman–Crippen MR) is 100 cm³/mol. The first kappa shape index (κ1) is 20.8. The Morgan fingerprint density at radius 1 is 1.17 bits per heavy atom. The predicted octanol–water partition coefficient (Wildman–Crippen LogP) is 3.39.